The molecule has 0 aliphatic rings. The molecule has 0 aliphatic carbocycles. The second kappa shape index (κ2) is 9.30. The molecule has 1 heterocycles. The van der Waals surface area contributed by atoms with Crippen molar-refractivity contribution in [1.29, 1.82) is 0 Å². The molecule has 9 nitrogen and oxygen atoms in total. The van der Waals surface area contributed by atoms with Crippen LogP contribution in [0.1, 0.15) is 68.0 Å². The summed E-state index contributed by atoms with van der Waals surface area (Å²) in [6.07, 6.45) is -0.719. The Labute approximate surface area is 185 Å². The zero-order chi connectivity index (χ0) is 23.5. The number of nitrogens with one attached hydrogen (secondary N) is 1. The van der Waals surface area contributed by atoms with Crippen molar-refractivity contribution in [2.45, 2.75) is 79.1 Å². The molecule has 1 rings (SSSR count). The molecule has 0 unspecified atom stereocenters. The maximum absolute atomic E-state index is 12.3. The Balaban J connectivity index is 3.08. The average Bonchev–Trinajstić information content (AvgIpc) is 2.83. The van der Waals surface area contributed by atoms with Crippen molar-refractivity contribution in [3.05, 3.63) is 10.0 Å². The van der Waals surface area contributed by atoms with Crippen LogP contribution in [0.5, 0.6) is 0 Å². The van der Waals surface area contributed by atoms with E-state index in [1.54, 1.807) is 41.5 Å². The van der Waals surface area contributed by atoms with Crippen molar-refractivity contribution < 1.29 is 28.7 Å². The maximum atomic E-state index is 12.3. The van der Waals surface area contributed by atoms with E-state index in [1.807, 2.05) is 0 Å². The van der Waals surface area contributed by atoms with Crippen molar-refractivity contribution in [1.82, 2.24) is 4.98 Å². The number of nitrogens with zero attached hydrogens (tertiary/aromatic N) is 2. The van der Waals surface area contributed by atoms with Crippen LogP contribution in [0.25, 0.3) is 0 Å². The quantitative estimate of drug-likeness (QED) is 0.374. The van der Waals surface area contributed by atoms with Crippen LogP contribution in [0.2, 0.25) is 4.34 Å². The Morgan fingerprint density at radius 2 is 1.53 bits per heavy atom. The number of esters is 1. The van der Waals surface area contributed by atoms with Crippen LogP contribution >= 0.6 is 22.9 Å². The van der Waals surface area contributed by atoms with Crippen LogP contribution in [0.15, 0.2) is 5.16 Å². The molecule has 1 aromatic heterocycles. The molecule has 1 N–H and O–H groups in total. The van der Waals surface area contributed by atoms with Gasteiger partial charge in [-0.25, -0.2) is 14.6 Å². The smallest absolute Gasteiger partial charge is 0.413 e. The highest BCUT2D eigenvalue weighted by Gasteiger charge is 2.36. The lowest BCUT2D eigenvalue weighted by molar-refractivity contribution is -0.179. The zero-order valence-corrected chi connectivity index (χ0v) is 20.2. The van der Waals surface area contributed by atoms with E-state index in [0.717, 1.165) is 11.3 Å². The Morgan fingerprint density at radius 3 is 2.00 bits per heavy atom. The number of thiazole rings is 1. The molecule has 0 saturated heterocycles. The van der Waals surface area contributed by atoms with E-state index in [4.69, 9.17) is 25.9 Å². The fraction of sp³-hybridized carbons (Fsp3) is 0.632. The first kappa shape index (κ1) is 25.8. The Hall–Kier alpha value is -2.20. The summed E-state index contributed by atoms with van der Waals surface area (Å²) in [7, 11) is 0. The number of Topliss-reactive ketones (excluding diaryl/α,β-unsaturated/α-hetero) is 1. The molecule has 168 valence electrons. The minimum Gasteiger partial charge on any atom is -0.457 e. The van der Waals surface area contributed by atoms with Crippen LogP contribution in [0.3, 0.4) is 0 Å². The zero-order valence-electron chi connectivity index (χ0n) is 18.6. The van der Waals surface area contributed by atoms with Gasteiger partial charge < -0.3 is 14.3 Å². The summed E-state index contributed by atoms with van der Waals surface area (Å²) in [4.78, 5) is 45.8. The monoisotopic (exact) mass is 461 g/mol. The number of carbonyl (C=O) groups is 3. The third-order valence-electron chi connectivity index (χ3n) is 3.01. The number of anilines is 1. The fourth-order valence-corrected chi connectivity index (χ4v) is 2.80. The molecule has 0 aromatic carbocycles. The molecule has 1 amide bonds. The Morgan fingerprint density at radius 1 is 1.00 bits per heavy atom. The van der Waals surface area contributed by atoms with Gasteiger partial charge in [-0.05, 0) is 55.4 Å². The lowest BCUT2D eigenvalue weighted by atomic mass is 10.1. The molecule has 30 heavy (non-hydrogen) atoms. The maximum Gasteiger partial charge on any atom is 0.413 e. The normalized spacial score (nSPS) is 12.9. The van der Waals surface area contributed by atoms with Gasteiger partial charge in [0, 0.05) is 6.92 Å². The van der Waals surface area contributed by atoms with Gasteiger partial charge in [-0.3, -0.25) is 10.1 Å². The van der Waals surface area contributed by atoms with Crippen molar-refractivity contribution >= 4 is 51.6 Å². The van der Waals surface area contributed by atoms with Gasteiger partial charge in [-0.15, -0.1) is 0 Å². The van der Waals surface area contributed by atoms with Crippen LogP contribution in [-0.2, 0) is 23.9 Å². The number of oxime groups is 1. The van der Waals surface area contributed by atoms with Gasteiger partial charge in [-0.1, -0.05) is 28.1 Å². The summed E-state index contributed by atoms with van der Waals surface area (Å²) in [5.74, 6) is -1.15. The number of ketones is 1. The van der Waals surface area contributed by atoms with Gasteiger partial charge in [0.2, 0.25) is 5.60 Å². The predicted molar refractivity (Wildman–Crippen MR) is 115 cm³/mol. The molecule has 1 aromatic rings. The topological polar surface area (TPSA) is 116 Å². The first-order chi connectivity index (χ1) is 13.4. The molecule has 0 bridgehead atoms. The molecular formula is C19H28ClN3O6S. The van der Waals surface area contributed by atoms with E-state index in [0.29, 0.717) is 0 Å². The van der Waals surface area contributed by atoms with Gasteiger partial charge in [0.15, 0.2) is 16.6 Å². The predicted octanol–water partition coefficient (Wildman–Crippen LogP) is 4.57. The number of hydrogen-bond acceptors (Lipinski definition) is 9. The minimum atomic E-state index is -1.46. The molecule has 0 saturated carbocycles. The first-order valence-electron chi connectivity index (χ1n) is 9.08. The van der Waals surface area contributed by atoms with Crippen molar-refractivity contribution in [3.8, 4) is 0 Å². The van der Waals surface area contributed by atoms with Crippen molar-refractivity contribution in [3.63, 3.8) is 0 Å². The second-order valence-electron chi connectivity index (χ2n) is 8.87. The van der Waals surface area contributed by atoms with Gasteiger partial charge in [-0.2, -0.15) is 0 Å². The number of hydrogen-bond donors (Lipinski definition) is 1. The first-order valence-corrected chi connectivity index (χ1v) is 10.3. The number of ether oxygens (including phenoxy) is 2. The molecule has 0 radical (unpaired) electrons. The number of halogens is 1. The van der Waals surface area contributed by atoms with E-state index < -0.39 is 34.6 Å². The Bertz CT molecular complexity index is 849. The molecule has 11 heteroatoms. The lowest BCUT2D eigenvalue weighted by Crippen LogP contribution is -2.40. The van der Waals surface area contributed by atoms with Crippen molar-refractivity contribution in [2.24, 2.45) is 5.16 Å². The average molecular weight is 462 g/mol. The van der Waals surface area contributed by atoms with Gasteiger partial charge >= 0.3 is 12.1 Å². The third-order valence-corrected chi connectivity index (χ3v) is 4.18. The summed E-state index contributed by atoms with van der Waals surface area (Å²) in [5, 5.41) is 6.38. The van der Waals surface area contributed by atoms with Crippen LogP contribution in [0.4, 0.5) is 9.93 Å². The van der Waals surface area contributed by atoms with Gasteiger partial charge in [0.05, 0.1) is 0 Å². The van der Waals surface area contributed by atoms with Crippen LogP contribution in [-0.4, -0.2) is 45.3 Å². The highest BCUT2D eigenvalue weighted by molar-refractivity contribution is 7.20. The molecule has 0 spiro atoms. The number of carbonyl (C=O) groups excluding carboxylic acids is 3. The van der Waals surface area contributed by atoms with E-state index in [-0.39, 0.29) is 20.9 Å². The van der Waals surface area contributed by atoms with Crippen molar-refractivity contribution in [2.75, 3.05) is 5.32 Å². The lowest BCUT2D eigenvalue weighted by Gasteiger charge is -2.26. The van der Waals surface area contributed by atoms with Gasteiger partial charge in [0.25, 0.3) is 0 Å². The number of aromatic nitrogens is 1. The molecule has 0 atom stereocenters. The summed E-state index contributed by atoms with van der Waals surface area (Å²) >= 11 is 7.11. The number of amides is 1. The standard InChI is InChI=1S/C19H28ClN3O6S/c1-10(24)11(23-29-19(8,9)14(25)27-17(2,3)4)12-13(20)30-15(21-12)22-16(26)28-18(5,6)7/h1-9H3,(H,21,22,26)/b23-11+. The highest BCUT2D eigenvalue weighted by atomic mass is 35.5. The van der Waals surface area contributed by atoms with E-state index in [1.165, 1.54) is 20.8 Å². The summed E-state index contributed by atoms with van der Waals surface area (Å²) in [6.45, 7) is 14.5. The Kier molecular flexibility index (Phi) is 8.01. The largest absolute Gasteiger partial charge is 0.457 e. The fourth-order valence-electron chi connectivity index (χ4n) is 1.76. The second-order valence-corrected chi connectivity index (χ2v) is 10.5. The van der Waals surface area contributed by atoms with E-state index in [9.17, 15) is 14.4 Å². The van der Waals surface area contributed by atoms with E-state index >= 15 is 0 Å². The third kappa shape index (κ3) is 8.27. The van der Waals surface area contributed by atoms with E-state index in [2.05, 4.69) is 15.5 Å². The molecular weight excluding hydrogens is 434 g/mol. The summed E-state index contributed by atoms with van der Waals surface area (Å²) in [6, 6.07) is 0. The van der Waals surface area contributed by atoms with Crippen LogP contribution in [0, 0.1) is 0 Å². The molecule has 0 fully saturated rings. The SMILES string of the molecule is CC(=O)/C(=N\OC(C)(C)C(=O)OC(C)(C)C)c1nc(NC(=O)OC(C)(C)C)sc1Cl. The number of rotatable bonds is 6. The van der Waals surface area contributed by atoms with Crippen LogP contribution < -0.4 is 5.32 Å². The molecule has 0 aliphatic heterocycles. The minimum absolute atomic E-state index is 0.0141. The highest BCUT2D eigenvalue weighted by Crippen LogP contribution is 2.29. The summed E-state index contributed by atoms with van der Waals surface area (Å²) < 4.78 is 10.6. The van der Waals surface area contributed by atoms with Gasteiger partial charge in [0.1, 0.15) is 21.2 Å². The summed E-state index contributed by atoms with van der Waals surface area (Å²) in [5.41, 5.74) is -3.06.